The van der Waals surface area contributed by atoms with Gasteiger partial charge >= 0.3 is 5.97 Å². The number of β-lactam (4-membered cyclic amide) rings is 1. The van der Waals surface area contributed by atoms with Gasteiger partial charge in [-0.05, 0) is 6.92 Å². The Morgan fingerprint density at radius 1 is 1.43 bits per heavy atom. The molecule has 2 saturated heterocycles. The normalized spacial score (nSPS) is 28.1. The number of anilines is 1. The predicted octanol–water partition coefficient (Wildman–Crippen LogP) is -0.151. The highest BCUT2D eigenvalue weighted by Gasteiger charge is 2.60. The number of carboxylic acids is 1. The number of carbonyl (C=O) groups excluding carboxylic acids is 2. The second-order valence-corrected chi connectivity index (χ2v) is 8.64. The Hall–Kier alpha value is -2.53. The van der Waals surface area contributed by atoms with Gasteiger partial charge in [-0.1, -0.05) is 6.92 Å². The number of aromatic nitrogens is 1. The molecule has 4 N–H and O–H groups in total. The number of nitrogens with two attached hydrogens (primary N) is 1. The van der Waals surface area contributed by atoms with Crippen molar-refractivity contribution in [3.8, 4) is 0 Å². The average molecular weight is 408 g/mol. The summed E-state index contributed by atoms with van der Waals surface area (Å²) < 4.78 is 5.25. The van der Waals surface area contributed by atoms with E-state index in [9.17, 15) is 24.6 Å². The Morgan fingerprint density at radius 3 is 2.64 bits per heavy atom. The topological polar surface area (TPSA) is 150 Å². The van der Waals surface area contributed by atoms with Crippen LogP contribution in [0.1, 0.15) is 24.3 Å². The van der Waals surface area contributed by atoms with Gasteiger partial charge in [-0.2, -0.15) is 4.98 Å². The second kappa shape index (κ2) is 6.52. The molecule has 3 aliphatic heterocycles. The van der Waals surface area contributed by atoms with Gasteiger partial charge in [0, 0.05) is 29.2 Å². The molecular formula is C17H20N4O6S. The van der Waals surface area contributed by atoms with Gasteiger partial charge < -0.3 is 30.2 Å². The standard InChI is InChI=1S/C17H20N4O6S/c1-6-11-10(7(2)22)15(24)21(11)12(16(25)26)13(6)28-8-3-20(4-8)17-19-9(5-27-17)14(18)23/h5-8,10-11,22H,3-4H2,1-2H3,(H2,18,23)(H,25,26)/t6-,7-,10-,11-/m1/s1. The van der Waals surface area contributed by atoms with Crippen LogP contribution in [0.15, 0.2) is 21.3 Å². The number of primary amides is 1. The fourth-order valence-corrected chi connectivity index (χ4v) is 5.57. The Kier molecular flexibility index (Phi) is 4.38. The first-order chi connectivity index (χ1) is 13.2. The van der Waals surface area contributed by atoms with E-state index in [1.54, 1.807) is 6.92 Å². The zero-order chi connectivity index (χ0) is 20.3. The Balaban J connectivity index is 1.47. The SMILES string of the molecule is C[C@@H](O)[C@H]1C(=O)N2C(C(=O)O)=C(SC3CN(c4nc(C(N)=O)co4)C3)[C@H](C)[C@H]12. The number of fused-ring (bicyclic) bond motifs is 1. The summed E-state index contributed by atoms with van der Waals surface area (Å²) in [4.78, 5) is 43.1. The van der Waals surface area contributed by atoms with Crippen LogP contribution >= 0.6 is 11.8 Å². The molecule has 4 rings (SSSR count). The quantitative estimate of drug-likeness (QED) is 0.546. The minimum absolute atomic E-state index is 0.0231. The van der Waals surface area contributed by atoms with E-state index in [-0.39, 0.29) is 34.5 Å². The molecule has 10 nitrogen and oxygen atoms in total. The Bertz CT molecular complexity index is 890. The van der Waals surface area contributed by atoms with Crippen molar-refractivity contribution < 1.29 is 29.0 Å². The lowest BCUT2D eigenvalue weighted by atomic mass is 9.79. The molecule has 0 aliphatic carbocycles. The van der Waals surface area contributed by atoms with Crippen LogP contribution in [-0.2, 0) is 9.59 Å². The number of carboxylic acid groups (broad SMARTS) is 1. The third-order valence-corrected chi connectivity index (χ3v) is 6.92. The van der Waals surface area contributed by atoms with Gasteiger partial charge in [0.2, 0.25) is 5.91 Å². The number of hydrogen-bond donors (Lipinski definition) is 3. The van der Waals surface area contributed by atoms with Crippen molar-refractivity contribution in [2.45, 2.75) is 31.2 Å². The fraction of sp³-hybridized carbons (Fsp3) is 0.529. The first kappa shape index (κ1) is 18.8. The number of aliphatic hydroxyl groups is 1. The zero-order valence-electron chi connectivity index (χ0n) is 15.2. The minimum Gasteiger partial charge on any atom is -0.477 e. The molecule has 0 saturated carbocycles. The van der Waals surface area contributed by atoms with Crippen molar-refractivity contribution in [2.24, 2.45) is 17.6 Å². The van der Waals surface area contributed by atoms with Crippen LogP contribution in [0.5, 0.6) is 0 Å². The summed E-state index contributed by atoms with van der Waals surface area (Å²) in [7, 11) is 0. The number of oxazole rings is 1. The van der Waals surface area contributed by atoms with E-state index in [2.05, 4.69) is 4.98 Å². The van der Waals surface area contributed by atoms with Gasteiger partial charge in [0.05, 0.1) is 18.1 Å². The molecule has 28 heavy (non-hydrogen) atoms. The largest absolute Gasteiger partial charge is 0.477 e. The summed E-state index contributed by atoms with van der Waals surface area (Å²) in [6, 6.07) is -0.0205. The monoisotopic (exact) mass is 408 g/mol. The maximum absolute atomic E-state index is 12.3. The van der Waals surface area contributed by atoms with Crippen LogP contribution < -0.4 is 10.6 Å². The molecule has 150 valence electrons. The van der Waals surface area contributed by atoms with Crippen LogP contribution in [0, 0.1) is 11.8 Å². The number of nitrogens with zero attached hydrogens (tertiary/aromatic N) is 3. The number of aliphatic carboxylic acids is 1. The molecule has 0 aromatic carbocycles. The van der Waals surface area contributed by atoms with Gasteiger partial charge in [-0.15, -0.1) is 11.8 Å². The molecule has 1 aromatic heterocycles. The molecule has 4 atom stereocenters. The van der Waals surface area contributed by atoms with E-state index in [4.69, 9.17) is 10.2 Å². The fourth-order valence-electron chi connectivity index (χ4n) is 4.05. The molecule has 3 aliphatic rings. The van der Waals surface area contributed by atoms with Crippen molar-refractivity contribution in [3.63, 3.8) is 0 Å². The zero-order valence-corrected chi connectivity index (χ0v) is 16.0. The lowest BCUT2D eigenvalue weighted by Gasteiger charge is -2.46. The Labute approximate surface area is 164 Å². The lowest BCUT2D eigenvalue weighted by Crippen LogP contribution is -2.63. The second-order valence-electron chi connectivity index (χ2n) is 7.30. The molecule has 4 heterocycles. The van der Waals surface area contributed by atoms with E-state index < -0.39 is 23.9 Å². The van der Waals surface area contributed by atoms with Crippen LogP contribution in [0.2, 0.25) is 0 Å². The predicted molar refractivity (Wildman–Crippen MR) is 98.2 cm³/mol. The highest BCUT2D eigenvalue weighted by atomic mass is 32.2. The highest BCUT2D eigenvalue weighted by molar-refractivity contribution is 8.03. The number of rotatable bonds is 6. The summed E-state index contributed by atoms with van der Waals surface area (Å²) in [5, 5.41) is 19.6. The number of carbonyl (C=O) groups is 3. The molecule has 2 amide bonds. The van der Waals surface area contributed by atoms with E-state index in [0.29, 0.717) is 24.0 Å². The maximum atomic E-state index is 12.3. The molecule has 0 spiro atoms. The number of thioether (sulfide) groups is 1. The third-order valence-electron chi connectivity index (χ3n) is 5.47. The highest BCUT2D eigenvalue weighted by Crippen LogP contribution is 2.52. The summed E-state index contributed by atoms with van der Waals surface area (Å²) in [5.41, 5.74) is 5.24. The van der Waals surface area contributed by atoms with Crippen molar-refractivity contribution in [1.29, 1.82) is 0 Å². The van der Waals surface area contributed by atoms with Crippen LogP contribution in [0.25, 0.3) is 0 Å². The molecule has 0 unspecified atom stereocenters. The molecule has 0 radical (unpaired) electrons. The van der Waals surface area contributed by atoms with E-state index in [1.165, 1.54) is 22.9 Å². The Morgan fingerprint density at radius 2 is 2.11 bits per heavy atom. The summed E-state index contributed by atoms with van der Waals surface area (Å²) >= 11 is 1.43. The molecule has 11 heteroatoms. The minimum atomic E-state index is -1.13. The summed E-state index contributed by atoms with van der Waals surface area (Å²) in [6.07, 6.45) is 0.383. The number of amides is 2. The van der Waals surface area contributed by atoms with Crippen molar-refractivity contribution in [3.05, 3.63) is 22.6 Å². The first-order valence-corrected chi connectivity index (χ1v) is 9.74. The van der Waals surface area contributed by atoms with E-state index in [0.717, 1.165) is 0 Å². The van der Waals surface area contributed by atoms with Gasteiger partial charge in [-0.3, -0.25) is 9.59 Å². The number of aliphatic hydroxyl groups excluding tert-OH is 1. The lowest BCUT2D eigenvalue weighted by molar-refractivity contribution is -0.163. The summed E-state index contributed by atoms with van der Waals surface area (Å²) in [5.74, 6) is -2.87. The maximum Gasteiger partial charge on any atom is 0.353 e. The van der Waals surface area contributed by atoms with Gasteiger partial charge in [0.1, 0.15) is 12.0 Å². The van der Waals surface area contributed by atoms with Crippen LogP contribution in [0.4, 0.5) is 6.01 Å². The molecule has 2 fully saturated rings. The molecular weight excluding hydrogens is 388 g/mol. The van der Waals surface area contributed by atoms with E-state index >= 15 is 0 Å². The summed E-state index contributed by atoms with van der Waals surface area (Å²) in [6.45, 7) is 4.57. The van der Waals surface area contributed by atoms with Crippen molar-refractivity contribution in [1.82, 2.24) is 9.88 Å². The molecule has 0 bridgehead atoms. The molecule has 1 aromatic rings. The van der Waals surface area contributed by atoms with Crippen molar-refractivity contribution >= 4 is 35.6 Å². The smallest absolute Gasteiger partial charge is 0.353 e. The third kappa shape index (κ3) is 2.68. The van der Waals surface area contributed by atoms with Crippen LogP contribution in [0.3, 0.4) is 0 Å². The first-order valence-electron chi connectivity index (χ1n) is 8.86. The van der Waals surface area contributed by atoms with Gasteiger partial charge in [0.25, 0.3) is 11.9 Å². The van der Waals surface area contributed by atoms with Crippen molar-refractivity contribution in [2.75, 3.05) is 18.0 Å². The van der Waals surface area contributed by atoms with Gasteiger partial charge in [-0.25, -0.2) is 4.79 Å². The number of hydrogen-bond acceptors (Lipinski definition) is 8. The van der Waals surface area contributed by atoms with E-state index in [1.807, 2.05) is 11.8 Å². The van der Waals surface area contributed by atoms with Gasteiger partial charge in [0.15, 0.2) is 5.69 Å². The average Bonchev–Trinajstić information content (AvgIpc) is 3.13. The van der Waals surface area contributed by atoms with Crippen LogP contribution in [-0.4, -0.2) is 68.4 Å².